The maximum absolute atomic E-state index is 12.0. The summed E-state index contributed by atoms with van der Waals surface area (Å²) in [6.45, 7) is 2.73. The second-order valence-electron chi connectivity index (χ2n) is 11.7. The van der Waals surface area contributed by atoms with Gasteiger partial charge in [-0.05, 0) is 67.5 Å². The number of benzene rings is 2. The fourth-order valence-electron chi connectivity index (χ4n) is 4.86. The predicted octanol–water partition coefficient (Wildman–Crippen LogP) is 11.4. The van der Waals surface area contributed by atoms with Gasteiger partial charge in [-0.25, -0.2) is 0 Å². The molecule has 0 saturated heterocycles. The van der Waals surface area contributed by atoms with Crippen LogP contribution in [0.15, 0.2) is 58.8 Å². The molecule has 0 aliphatic heterocycles. The predicted molar refractivity (Wildman–Crippen MR) is 189 cm³/mol. The minimum absolute atomic E-state index is 0.00521. The van der Waals surface area contributed by atoms with Gasteiger partial charge in [0.05, 0.1) is 16.3 Å². The molecule has 0 aromatic heterocycles. The van der Waals surface area contributed by atoms with Gasteiger partial charge < -0.3 is 9.47 Å². The SMILES string of the molecule is CCCCCCCCCCCCC#CC#CCCCCCCCCC(=O)OCCOc1ccc(N=Nc2ccc([N+](=O)[O-])cc2)cc1. The van der Waals surface area contributed by atoms with Crippen LogP contribution in [0.3, 0.4) is 0 Å². The van der Waals surface area contributed by atoms with Gasteiger partial charge in [0.2, 0.25) is 0 Å². The molecule has 2 aromatic rings. The van der Waals surface area contributed by atoms with Crippen molar-refractivity contribution in [3.8, 4) is 29.4 Å². The van der Waals surface area contributed by atoms with Crippen molar-refractivity contribution < 1.29 is 19.2 Å². The van der Waals surface area contributed by atoms with Gasteiger partial charge in [-0.3, -0.25) is 14.9 Å². The van der Waals surface area contributed by atoms with Gasteiger partial charge in [0.25, 0.3) is 5.69 Å². The number of nitro groups is 1. The molecular formula is C39H53N3O5. The highest BCUT2D eigenvalue weighted by atomic mass is 16.6. The van der Waals surface area contributed by atoms with Crippen LogP contribution in [0.4, 0.5) is 17.1 Å². The van der Waals surface area contributed by atoms with Gasteiger partial charge in [-0.15, -0.1) is 0 Å². The number of hydrogen-bond acceptors (Lipinski definition) is 7. The molecular weight excluding hydrogens is 590 g/mol. The van der Waals surface area contributed by atoms with Crippen molar-refractivity contribution in [1.29, 1.82) is 0 Å². The van der Waals surface area contributed by atoms with Gasteiger partial charge in [0, 0.05) is 31.4 Å². The van der Waals surface area contributed by atoms with Crippen LogP contribution in [-0.4, -0.2) is 24.1 Å². The number of ether oxygens (including phenoxy) is 2. The Kier molecular flexibility index (Phi) is 22.4. The molecule has 0 spiro atoms. The summed E-state index contributed by atoms with van der Waals surface area (Å²) in [5, 5.41) is 18.9. The number of nitro benzene ring substituents is 1. The zero-order valence-electron chi connectivity index (χ0n) is 28.4. The summed E-state index contributed by atoms with van der Waals surface area (Å²) in [6.07, 6.45) is 22.2. The van der Waals surface area contributed by atoms with Crippen LogP contribution in [0.1, 0.15) is 129 Å². The van der Waals surface area contributed by atoms with Crippen LogP contribution in [0.25, 0.3) is 0 Å². The van der Waals surface area contributed by atoms with Crippen LogP contribution < -0.4 is 4.74 Å². The molecule has 8 heteroatoms. The highest BCUT2D eigenvalue weighted by Crippen LogP contribution is 2.23. The highest BCUT2D eigenvalue weighted by Gasteiger charge is 2.04. The molecule has 0 fully saturated rings. The normalized spacial score (nSPS) is 10.6. The number of unbranched alkanes of at least 4 members (excludes halogenated alkanes) is 16. The van der Waals surface area contributed by atoms with Gasteiger partial charge in [0.15, 0.2) is 0 Å². The van der Waals surface area contributed by atoms with Crippen LogP contribution in [-0.2, 0) is 9.53 Å². The monoisotopic (exact) mass is 643 g/mol. The summed E-state index contributed by atoms with van der Waals surface area (Å²) in [5.41, 5.74) is 1.14. The molecule has 2 aromatic carbocycles. The minimum atomic E-state index is -0.459. The molecule has 2 rings (SSSR count). The summed E-state index contributed by atoms with van der Waals surface area (Å²) >= 11 is 0. The summed E-state index contributed by atoms with van der Waals surface area (Å²) < 4.78 is 10.9. The Morgan fingerprint density at radius 1 is 0.660 bits per heavy atom. The first-order chi connectivity index (χ1) is 23.1. The maximum Gasteiger partial charge on any atom is 0.305 e. The summed E-state index contributed by atoms with van der Waals surface area (Å²) in [5.74, 6) is 12.8. The lowest BCUT2D eigenvalue weighted by Gasteiger charge is -2.07. The van der Waals surface area contributed by atoms with Crippen molar-refractivity contribution in [2.45, 2.75) is 129 Å². The lowest BCUT2D eigenvalue weighted by atomic mass is 10.1. The minimum Gasteiger partial charge on any atom is -0.490 e. The first-order valence-corrected chi connectivity index (χ1v) is 17.6. The van der Waals surface area contributed by atoms with E-state index >= 15 is 0 Å². The van der Waals surface area contributed by atoms with Crippen molar-refractivity contribution in [3.63, 3.8) is 0 Å². The van der Waals surface area contributed by atoms with E-state index in [1.54, 1.807) is 24.3 Å². The van der Waals surface area contributed by atoms with E-state index in [0.29, 0.717) is 23.5 Å². The number of non-ortho nitro benzene ring substituents is 1. The Balaban J connectivity index is 1.38. The van der Waals surface area contributed by atoms with Crippen molar-refractivity contribution in [2.75, 3.05) is 13.2 Å². The Morgan fingerprint density at radius 2 is 1.13 bits per heavy atom. The first-order valence-electron chi connectivity index (χ1n) is 17.6. The molecule has 0 saturated carbocycles. The van der Waals surface area contributed by atoms with Crippen LogP contribution >= 0.6 is 0 Å². The fraction of sp³-hybridized carbons (Fsp3) is 0.564. The van der Waals surface area contributed by atoms with E-state index < -0.39 is 4.92 Å². The third kappa shape index (κ3) is 21.3. The molecule has 47 heavy (non-hydrogen) atoms. The number of nitrogens with zero attached hydrogens (tertiary/aromatic N) is 3. The summed E-state index contributed by atoms with van der Waals surface area (Å²) in [4.78, 5) is 22.3. The van der Waals surface area contributed by atoms with E-state index in [9.17, 15) is 14.9 Å². The molecule has 0 amide bonds. The second kappa shape index (κ2) is 27.0. The Hall–Kier alpha value is -4.17. The molecule has 0 heterocycles. The Labute approximate surface area is 282 Å². The van der Waals surface area contributed by atoms with Crippen LogP contribution in [0, 0.1) is 33.8 Å². The molecule has 0 aliphatic rings. The van der Waals surface area contributed by atoms with Gasteiger partial charge >= 0.3 is 5.97 Å². The average molecular weight is 644 g/mol. The fourth-order valence-corrected chi connectivity index (χ4v) is 4.86. The zero-order valence-corrected chi connectivity index (χ0v) is 28.4. The third-order valence-electron chi connectivity index (χ3n) is 7.62. The third-order valence-corrected chi connectivity index (χ3v) is 7.62. The van der Waals surface area contributed by atoms with E-state index in [1.165, 1.54) is 88.5 Å². The van der Waals surface area contributed by atoms with Crippen LogP contribution in [0.2, 0.25) is 0 Å². The van der Waals surface area contributed by atoms with E-state index in [4.69, 9.17) is 9.47 Å². The highest BCUT2D eigenvalue weighted by molar-refractivity contribution is 5.69. The van der Waals surface area contributed by atoms with E-state index in [0.717, 1.165) is 51.4 Å². The molecule has 0 N–H and O–H groups in total. The molecule has 0 unspecified atom stereocenters. The van der Waals surface area contributed by atoms with Crippen LogP contribution in [0.5, 0.6) is 5.75 Å². The van der Waals surface area contributed by atoms with E-state index in [1.807, 2.05) is 0 Å². The molecule has 254 valence electrons. The number of carbonyl (C=O) groups is 1. The molecule has 8 nitrogen and oxygen atoms in total. The number of hydrogen-bond donors (Lipinski definition) is 0. The van der Waals surface area contributed by atoms with Crippen molar-refractivity contribution in [2.24, 2.45) is 10.2 Å². The summed E-state index contributed by atoms with van der Waals surface area (Å²) in [7, 11) is 0. The standard InChI is InChI=1S/C39H53N3O5/c1-2-3-4-5-6-7-8-9-10-11-12-13-14-15-16-17-18-19-20-21-22-23-24-39(43)47-34-33-46-38-31-27-36(28-32-38)41-40-35-25-29-37(30-26-35)42(44)45/h25-32H,2-12,17-24,33-34H2,1H3. The van der Waals surface area contributed by atoms with E-state index in [-0.39, 0.29) is 24.9 Å². The molecule has 0 atom stereocenters. The van der Waals surface area contributed by atoms with Crippen molar-refractivity contribution >= 4 is 23.0 Å². The maximum atomic E-state index is 12.0. The number of azo groups is 1. The molecule has 0 aliphatic carbocycles. The lowest BCUT2D eigenvalue weighted by Crippen LogP contribution is -2.11. The number of carbonyl (C=O) groups excluding carboxylic acids is 1. The van der Waals surface area contributed by atoms with Gasteiger partial charge in [-0.1, -0.05) is 102 Å². The topological polar surface area (TPSA) is 103 Å². The number of rotatable bonds is 25. The quantitative estimate of drug-likeness (QED) is 0.0267. The van der Waals surface area contributed by atoms with E-state index in [2.05, 4.69) is 40.8 Å². The zero-order chi connectivity index (χ0) is 33.6. The van der Waals surface area contributed by atoms with Gasteiger partial charge in [0.1, 0.15) is 19.0 Å². The van der Waals surface area contributed by atoms with Crippen molar-refractivity contribution in [3.05, 3.63) is 58.6 Å². The average Bonchev–Trinajstić information content (AvgIpc) is 3.08. The second-order valence-corrected chi connectivity index (χ2v) is 11.7. The van der Waals surface area contributed by atoms with Gasteiger partial charge in [-0.2, -0.15) is 10.2 Å². The Bertz CT molecular complexity index is 1280. The Morgan fingerprint density at radius 3 is 1.64 bits per heavy atom. The molecule has 0 radical (unpaired) electrons. The number of esters is 1. The smallest absolute Gasteiger partial charge is 0.305 e. The lowest BCUT2D eigenvalue weighted by molar-refractivity contribution is -0.384. The summed E-state index contributed by atoms with van der Waals surface area (Å²) in [6, 6.07) is 12.9. The molecule has 0 bridgehead atoms. The largest absolute Gasteiger partial charge is 0.490 e. The van der Waals surface area contributed by atoms with Crippen molar-refractivity contribution in [1.82, 2.24) is 0 Å². The first kappa shape index (κ1) is 39.0.